The number of hydrogen-bond acceptors (Lipinski definition) is 3. The van der Waals surface area contributed by atoms with Crippen LogP contribution in [-0.4, -0.2) is 36.9 Å². The number of nitrogens with one attached hydrogen (secondary N) is 1. The van der Waals surface area contributed by atoms with Gasteiger partial charge in [0, 0.05) is 13.2 Å². The lowest BCUT2D eigenvalue weighted by atomic mass is 9.73. The highest BCUT2D eigenvalue weighted by Crippen LogP contribution is 2.35. The fourth-order valence-electron chi connectivity index (χ4n) is 3.08. The van der Waals surface area contributed by atoms with E-state index in [0.717, 1.165) is 12.0 Å². The summed E-state index contributed by atoms with van der Waals surface area (Å²) in [5.74, 6) is 0.267. The Morgan fingerprint density at radius 2 is 1.95 bits per heavy atom. The molecule has 4 heteroatoms. The third-order valence-electron chi connectivity index (χ3n) is 4.95. The molecule has 0 spiro atoms. The predicted octanol–water partition coefficient (Wildman–Crippen LogP) is 2.26. The number of rotatable bonds is 6. The van der Waals surface area contributed by atoms with Crippen molar-refractivity contribution in [3.05, 3.63) is 35.9 Å². The molecule has 0 saturated carbocycles. The van der Waals surface area contributed by atoms with Crippen LogP contribution in [0.25, 0.3) is 0 Å². The third-order valence-corrected chi connectivity index (χ3v) is 4.95. The van der Waals surface area contributed by atoms with Gasteiger partial charge in [0.2, 0.25) is 5.91 Å². The smallest absolute Gasteiger partial charge is 0.231 e. The van der Waals surface area contributed by atoms with E-state index in [1.165, 1.54) is 0 Å². The van der Waals surface area contributed by atoms with Crippen LogP contribution in [0.1, 0.15) is 38.7 Å². The van der Waals surface area contributed by atoms with Gasteiger partial charge in [-0.1, -0.05) is 50.6 Å². The Bertz CT molecular complexity index is 468. The number of hydrogen-bond donors (Lipinski definition) is 2. The zero-order chi connectivity index (χ0) is 16.0. The second kappa shape index (κ2) is 7.75. The normalized spacial score (nSPS) is 20.1. The molecule has 1 fully saturated rings. The summed E-state index contributed by atoms with van der Waals surface area (Å²) in [5, 5.41) is 12.7. The molecule has 1 aliphatic rings. The van der Waals surface area contributed by atoms with E-state index in [9.17, 15) is 9.90 Å². The van der Waals surface area contributed by atoms with Crippen molar-refractivity contribution in [2.75, 3.05) is 19.8 Å². The van der Waals surface area contributed by atoms with Gasteiger partial charge < -0.3 is 15.2 Å². The first-order valence-corrected chi connectivity index (χ1v) is 8.19. The van der Waals surface area contributed by atoms with Crippen LogP contribution in [0, 0.1) is 5.92 Å². The summed E-state index contributed by atoms with van der Waals surface area (Å²) < 4.78 is 5.47. The second-order valence-corrected chi connectivity index (χ2v) is 6.21. The molecule has 1 heterocycles. The Morgan fingerprint density at radius 3 is 2.50 bits per heavy atom. The second-order valence-electron chi connectivity index (χ2n) is 6.21. The maximum atomic E-state index is 13.0. The average molecular weight is 305 g/mol. The van der Waals surface area contributed by atoms with Crippen molar-refractivity contribution in [3.8, 4) is 0 Å². The summed E-state index contributed by atoms with van der Waals surface area (Å²) >= 11 is 0. The van der Waals surface area contributed by atoms with Gasteiger partial charge in [-0.3, -0.25) is 4.79 Å². The highest BCUT2D eigenvalue weighted by atomic mass is 16.5. The number of aliphatic hydroxyl groups excluding tert-OH is 1. The number of benzene rings is 1. The summed E-state index contributed by atoms with van der Waals surface area (Å²) in [7, 11) is 0. The van der Waals surface area contributed by atoms with Crippen molar-refractivity contribution in [3.63, 3.8) is 0 Å². The summed E-state index contributed by atoms with van der Waals surface area (Å²) in [6.45, 7) is 5.29. The monoisotopic (exact) mass is 305 g/mol. The highest BCUT2D eigenvalue weighted by molar-refractivity contribution is 5.88. The van der Waals surface area contributed by atoms with Crippen LogP contribution in [0.2, 0.25) is 0 Å². The molecule has 1 amide bonds. The van der Waals surface area contributed by atoms with E-state index < -0.39 is 5.41 Å². The average Bonchev–Trinajstić information content (AvgIpc) is 2.60. The minimum atomic E-state index is -0.541. The van der Waals surface area contributed by atoms with Gasteiger partial charge in [0.1, 0.15) is 0 Å². The molecule has 1 saturated heterocycles. The van der Waals surface area contributed by atoms with Crippen LogP contribution in [0.15, 0.2) is 30.3 Å². The molecule has 0 aliphatic carbocycles. The molecule has 4 nitrogen and oxygen atoms in total. The Morgan fingerprint density at radius 1 is 1.32 bits per heavy atom. The topological polar surface area (TPSA) is 58.6 Å². The van der Waals surface area contributed by atoms with E-state index in [1.54, 1.807) is 0 Å². The van der Waals surface area contributed by atoms with Crippen LogP contribution in [0.4, 0.5) is 0 Å². The summed E-state index contributed by atoms with van der Waals surface area (Å²) in [5.41, 5.74) is 0.497. The summed E-state index contributed by atoms with van der Waals surface area (Å²) in [6.07, 6.45) is 2.29. The van der Waals surface area contributed by atoms with Crippen molar-refractivity contribution in [2.45, 2.75) is 44.6 Å². The van der Waals surface area contributed by atoms with E-state index >= 15 is 0 Å². The van der Waals surface area contributed by atoms with Gasteiger partial charge >= 0.3 is 0 Å². The van der Waals surface area contributed by atoms with Crippen LogP contribution < -0.4 is 5.32 Å². The lowest BCUT2D eigenvalue weighted by molar-refractivity contribution is -0.132. The van der Waals surface area contributed by atoms with Gasteiger partial charge in [-0.15, -0.1) is 0 Å². The van der Waals surface area contributed by atoms with E-state index in [-0.39, 0.29) is 24.5 Å². The maximum Gasteiger partial charge on any atom is 0.231 e. The lowest BCUT2D eigenvalue weighted by Crippen LogP contribution is -2.53. The van der Waals surface area contributed by atoms with Crippen molar-refractivity contribution in [1.29, 1.82) is 0 Å². The molecule has 22 heavy (non-hydrogen) atoms. The predicted molar refractivity (Wildman–Crippen MR) is 86.6 cm³/mol. The third kappa shape index (κ3) is 3.50. The van der Waals surface area contributed by atoms with Crippen molar-refractivity contribution >= 4 is 5.91 Å². The van der Waals surface area contributed by atoms with E-state index in [4.69, 9.17) is 4.74 Å². The van der Waals surface area contributed by atoms with E-state index in [2.05, 4.69) is 19.2 Å². The zero-order valence-electron chi connectivity index (χ0n) is 13.5. The fraction of sp³-hybridized carbons (Fsp3) is 0.611. The number of amides is 1. The number of ether oxygens (including phenoxy) is 1. The molecule has 0 aromatic heterocycles. The van der Waals surface area contributed by atoms with Gasteiger partial charge in [-0.05, 0) is 24.3 Å². The van der Waals surface area contributed by atoms with Crippen molar-refractivity contribution in [2.24, 2.45) is 5.92 Å². The fourth-order valence-corrected chi connectivity index (χ4v) is 3.08. The molecule has 1 aromatic carbocycles. The van der Waals surface area contributed by atoms with Crippen LogP contribution in [0.5, 0.6) is 0 Å². The molecule has 122 valence electrons. The molecule has 2 atom stereocenters. The van der Waals surface area contributed by atoms with Gasteiger partial charge in [0.05, 0.1) is 18.1 Å². The summed E-state index contributed by atoms with van der Waals surface area (Å²) in [4.78, 5) is 13.0. The van der Waals surface area contributed by atoms with Crippen LogP contribution in [-0.2, 0) is 14.9 Å². The zero-order valence-corrected chi connectivity index (χ0v) is 13.5. The van der Waals surface area contributed by atoms with Crippen LogP contribution in [0.3, 0.4) is 0 Å². The molecular formula is C18H27NO3. The van der Waals surface area contributed by atoms with Crippen molar-refractivity contribution in [1.82, 2.24) is 5.32 Å². The Balaban J connectivity index is 2.24. The molecular weight excluding hydrogens is 278 g/mol. The first kappa shape index (κ1) is 17.0. The molecule has 2 N–H and O–H groups in total. The largest absolute Gasteiger partial charge is 0.394 e. The summed E-state index contributed by atoms with van der Waals surface area (Å²) in [6, 6.07) is 9.74. The quantitative estimate of drug-likeness (QED) is 0.847. The SMILES string of the molecule is CCC(C)C(CO)NC(=O)C1(c2ccccc2)CCOCC1. The molecule has 0 radical (unpaired) electrons. The number of aliphatic hydroxyl groups is 1. The van der Waals surface area contributed by atoms with Crippen LogP contribution >= 0.6 is 0 Å². The maximum absolute atomic E-state index is 13.0. The van der Waals surface area contributed by atoms with Crippen molar-refractivity contribution < 1.29 is 14.6 Å². The molecule has 1 aromatic rings. The Kier molecular flexibility index (Phi) is 5.98. The molecule has 0 bridgehead atoms. The molecule has 1 aliphatic heterocycles. The van der Waals surface area contributed by atoms with Gasteiger partial charge in [-0.25, -0.2) is 0 Å². The Hall–Kier alpha value is -1.39. The van der Waals surface area contributed by atoms with E-state index in [0.29, 0.717) is 26.1 Å². The number of carbonyl (C=O) groups excluding carboxylic acids is 1. The van der Waals surface area contributed by atoms with Gasteiger partial charge in [-0.2, -0.15) is 0 Å². The number of carbonyl (C=O) groups is 1. The Labute approximate surface area is 132 Å². The minimum Gasteiger partial charge on any atom is -0.394 e. The lowest BCUT2D eigenvalue weighted by Gasteiger charge is -2.38. The minimum absolute atomic E-state index is 0.0151. The van der Waals surface area contributed by atoms with E-state index in [1.807, 2.05) is 30.3 Å². The first-order chi connectivity index (χ1) is 10.6. The highest BCUT2D eigenvalue weighted by Gasteiger charge is 2.42. The standard InChI is InChI=1S/C18H27NO3/c1-3-14(2)16(13-20)19-17(21)18(9-11-22-12-10-18)15-7-5-4-6-8-15/h4-8,14,16,20H,3,9-13H2,1-2H3,(H,19,21). The molecule has 2 rings (SSSR count). The van der Waals surface area contributed by atoms with Gasteiger partial charge in [0.25, 0.3) is 0 Å². The molecule has 2 unspecified atom stereocenters. The van der Waals surface area contributed by atoms with Gasteiger partial charge in [0.15, 0.2) is 0 Å². The first-order valence-electron chi connectivity index (χ1n) is 8.19.